The van der Waals surface area contributed by atoms with Gasteiger partial charge in [-0.1, -0.05) is 18.2 Å². The van der Waals surface area contributed by atoms with Gasteiger partial charge in [-0.15, -0.1) is 0 Å². The minimum atomic E-state index is -1.07. The van der Waals surface area contributed by atoms with Crippen molar-refractivity contribution in [3.8, 4) is 5.75 Å². The molecule has 0 aliphatic carbocycles. The van der Waals surface area contributed by atoms with Crippen molar-refractivity contribution in [1.29, 1.82) is 0 Å². The number of halogens is 1. The Balaban J connectivity index is 1.80. The van der Waals surface area contributed by atoms with Crippen LogP contribution in [0.3, 0.4) is 0 Å². The van der Waals surface area contributed by atoms with Crippen molar-refractivity contribution >= 4 is 16.9 Å². The number of hydrogen-bond acceptors (Lipinski definition) is 4. The SMILES string of the molecule is COc1ccc2c(CNCc3ccco3)c(C(=O)O)n(Cc3ccccc3F)c2c1. The molecule has 0 aliphatic heterocycles. The monoisotopic (exact) mass is 408 g/mol. The molecule has 0 amide bonds. The first-order valence-electron chi connectivity index (χ1n) is 9.47. The van der Waals surface area contributed by atoms with E-state index in [1.807, 2.05) is 12.1 Å². The molecule has 2 aromatic heterocycles. The van der Waals surface area contributed by atoms with Crippen LogP contribution in [0.4, 0.5) is 4.39 Å². The number of nitrogens with zero attached hydrogens (tertiary/aromatic N) is 1. The number of hydrogen-bond donors (Lipinski definition) is 2. The molecule has 6 nitrogen and oxygen atoms in total. The second-order valence-corrected chi connectivity index (χ2v) is 6.88. The number of aromatic nitrogens is 1. The molecule has 2 heterocycles. The van der Waals surface area contributed by atoms with Crippen LogP contribution in [-0.4, -0.2) is 22.8 Å². The Hall–Kier alpha value is -3.58. The number of furan rings is 1. The van der Waals surface area contributed by atoms with Crippen LogP contribution in [0.5, 0.6) is 5.75 Å². The fraction of sp³-hybridized carbons (Fsp3) is 0.174. The molecule has 154 valence electrons. The summed E-state index contributed by atoms with van der Waals surface area (Å²) in [4.78, 5) is 12.2. The second-order valence-electron chi connectivity index (χ2n) is 6.88. The van der Waals surface area contributed by atoms with E-state index in [-0.39, 0.29) is 18.1 Å². The van der Waals surface area contributed by atoms with E-state index in [1.54, 1.807) is 54.3 Å². The van der Waals surface area contributed by atoms with E-state index >= 15 is 0 Å². The number of carbonyl (C=O) groups is 1. The van der Waals surface area contributed by atoms with Crippen LogP contribution in [0.15, 0.2) is 65.3 Å². The summed E-state index contributed by atoms with van der Waals surface area (Å²) in [6, 6.07) is 15.4. The van der Waals surface area contributed by atoms with E-state index in [2.05, 4.69) is 5.32 Å². The molecule has 0 unspecified atom stereocenters. The summed E-state index contributed by atoms with van der Waals surface area (Å²) >= 11 is 0. The standard InChI is InChI=1S/C23H21FN2O4/c1-29-16-8-9-18-19(13-25-12-17-6-4-10-30-17)22(23(27)28)26(21(18)11-16)14-15-5-2-3-7-20(15)24/h2-11,25H,12-14H2,1H3,(H,27,28). The number of ether oxygens (including phenoxy) is 1. The molecule has 30 heavy (non-hydrogen) atoms. The van der Waals surface area contributed by atoms with Crippen LogP contribution in [0.1, 0.15) is 27.4 Å². The summed E-state index contributed by atoms with van der Waals surface area (Å²) in [5, 5.41) is 14.0. The lowest BCUT2D eigenvalue weighted by atomic mass is 10.1. The quantitative estimate of drug-likeness (QED) is 0.451. The van der Waals surface area contributed by atoms with Crippen molar-refractivity contribution in [2.24, 2.45) is 0 Å². The average Bonchev–Trinajstić information content (AvgIpc) is 3.36. The second kappa shape index (κ2) is 8.42. The third-order valence-electron chi connectivity index (χ3n) is 5.05. The molecule has 0 radical (unpaired) electrons. The lowest BCUT2D eigenvalue weighted by Crippen LogP contribution is -2.17. The predicted molar refractivity (Wildman–Crippen MR) is 110 cm³/mol. The fourth-order valence-corrected chi connectivity index (χ4v) is 3.64. The summed E-state index contributed by atoms with van der Waals surface area (Å²) in [6.45, 7) is 0.869. The van der Waals surface area contributed by atoms with Gasteiger partial charge in [0.05, 0.1) is 32.0 Å². The molecule has 4 aromatic rings. The van der Waals surface area contributed by atoms with E-state index < -0.39 is 5.97 Å². The van der Waals surface area contributed by atoms with Crippen molar-refractivity contribution in [3.63, 3.8) is 0 Å². The Morgan fingerprint density at radius 3 is 2.70 bits per heavy atom. The predicted octanol–water partition coefficient (Wildman–Crippen LogP) is 4.42. The molecule has 2 N–H and O–H groups in total. The Morgan fingerprint density at radius 1 is 1.17 bits per heavy atom. The van der Waals surface area contributed by atoms with Crippen molar-refractivity contribution in [2.45, 2.75) is 19.6 Å². The molecule has 0 bridgehead atoms. The van der Waals surface area contributed by atoms with Crippen LogP contribution in [0, 0.1) is 5.82 Å². The van der Waals surface area contributed by atoms with Gasteiger partial charge in [0, 0.05) is 29.1 Å². The van der Waals surface area contributed by atoms with Crippen molar-refractivity contribution < 1.29 is 23.4 Å². The van der Waals surface area contributed by atoms with Crippen molar-refractivity contribution in [1.82, 2.24) is 9.88 Å². The van der Waals surface area contributed by atoms with Gasteiger partial charge in [0.15, 0.2) is 0 Å². The molecular formula is C23H21FN2O4. The van der Waals surface area contributed by atoms with Gasteiger partial charge < -0.3 is 24.1 Å². The molecule has 0 spiro atoms. The Kier molecular flexibility index (Phi) is 5.54. The number of benzene rings is 2. The number of methoxy groups -OCH3 is 1. The molecule has 0 saturated heterocycles. The topological polar surface area (TPSA) is 76.6 Å². The third-order valence-corrected chi connectivity index (χ3v) is 5.05. The van der Waals surface area contributed by atoms with Gasteiger partial charge in [-0.25, -0.2) is 9.18 Å². The number of carboxylic acids is 1. The molecule has 0 atom stereocenters. The minimum Gasteiger partial charge on any atom is -0.497 e. The first-order valence-corrected chi connectivity index (χ1v) is 9.47. The average molecular weight is 408 g/mol. The highest BCUT2D eigenvalue weighted by molar-refractivity contribution is 5.98. The van der Waals surface area contributed by atoms with Crippen LogP contribution in [0.25, 0.3) is 10.9 Å². The van der Waals surface area contributed by atoms with Crippen LogP contribution in [-0.2, 0) is 19.6 Å². The maximum absolute atomic E-state index is 14.3. The lowest BCUT2D eigenvalue weighted by molar-refractivity contribution is 0.0684. The summed E-state index contributed by atoms with van der Waals surface area (Å²) < 4.78 is 26.6. The summed E-state index contributed by atoms with van der Waals surface area (Å²) in [5.74, 6) is -0.0992. The van der Waals surface area contributed by atoms with E-state index in [1.165, 1.54) is 6.07 Å². The Bertz CT molecular complexity index is 1180. The highest BCUT2D eigenvalue weighted by Gasteiger charge is 2.23. The first kappa shape index (κ1) is 19.7. The highest BCUT2D eigenvalue weighted by atomic mass is 19.1. The largest absolute Gasteiger partial charge is 0.497 e. The van der Waals surface area contributed by atoms with Crippen molar-refractivity contribution in [3.05, 3.63) is 89.3 Å². The Labute approximate surface area is 172 Å². The molecule has 0 saturated carbocycles. The summed E-state index contributed by atoms with van der Waals surface area (Å²) in [7, 11) is 1.55. The van der Waals surface area contributed by atoms with Crippen LogP contribution < -0.4 is 10.1 Å². The van der Waals surface area contributed by atoms with E-state index in [0.29, 0.717) is 35.5 Å². The van der Waals surface area contributed by atoms with Crippen LogP contribution >= 0.6 is 0 Å². The number of nitrogens with one attached hydrogen (secondary N) is 1. The molecule has 0 aliphatic rings. The maximum atomic E-state index is 14.3. The third kappa shape index (κ3) is 3.79. The molecule has 2 aromatic carbocycles. The molecule has 0 fully saturated rings. The number of aromatic carboxylic acids is 1. The first-order chi connectivity index (χ1) is 14.6. The van der Waals surface area contributed by atoms with Crippen LogP contribution in [0.2, 0.25) is 0 Å². The highest BCUT2D eigenvalue weighted by Crippen LogP contribution is 2.31. The Morgan fingerprint density at radius 2 is 2.00 bits per heavy atom. The lowest BCUT2D eigenvalue weighted by Gasteiger charge is -2.11. The fourth-order valence-electron chi connectivity index (χ4n) is 3.64. The van der Waals surface area contributed by atoms with Gasteiger partial charge in [-0.05, 0) is 30.3 Å². The minimum absolute atomic E-state index is 0.0934. The maximum Gasteiger partial charge on any atom is 0.352 e. The van der Waals surface area contributed by atoms with Gasteiger partial charge in [0.25, 0.3) is 0 Å². The summed E-state index contributed by atoms with van der Waals surface area (Å²) in [5.41, 5.74) is 1.83. The van der Waals surface area contributed by atoms with Gasteiger partial charge >= 0.3 is 5.97 Å². The number of carboxylic acid groups (broad SMARTS) is 1. The molecular weight excluding hydrogens is 387 g/mol. The van der Waals surface area contributed by atoms with Crippen molar-refractivity contribution in [2.75, 3.05) is 7.11 Å². The van der Waals surface area contributed by atoms with E-state index in [9.17, 15) is 14.3 Å². The van der Waals surface area contributed by atoms with Gasteiger partial charge in [-0.3, -0.25) is 0 Å². The van der Waals surface area contributed by atoms with Gasteiger partial charge in [0.2, 0.25) is 0 Å². The number of rotatable bonds is 8. The molecule has 7 heteroatoms. The smallest absolute Gasteiger partial charge is 0.352 e. The van der Waals surface area contributed by atoms with E-state index in [0.717, 1.165) is 11.1 Å². The zero-order valence-electron chi connectivity index (χ0n) is 16.4. The zero-order valence-corrected chi connectivity index (χ0v) is 16.4. The van der Waals surface area contributed by atoms with E-state index in [4.69, 9.17) is 9.15 Å². The normalized spacial score (nSPS) is 11.1. The van der Waals surface area contributed by atoms with Gasteiger partial charge in [-0.2, -0.15) is 0 Å². The summed E-state index contributed by atoms with van der Waals surface area (Å²) in [6.07, 6.45) is 1.59. The number of fused-ring (bicyclic) bond motifs is 1. The van der Waals surface area contributed by atoms with Gasteiger partial charge in [0.1, 0.15) is 23.0 Å². The molecule has 4 rings (SSSR count). The zero-order chi connectivity index (χ0) is 21.1.